The minimum absolute atomic E-state index is 0.196. The van der Waals surface area contributed by atoms with Crippen molar-refractivity contribution in [3.8, 4) is 0 Å². The molecule has 5 heteroatoms. The molecular formula is C15H21N3O2. The van der Waals surface area contributed by atoms with Crippen LogP contribution in [-0.2, 0) is 9.59 Å². The van der Waals surface area contributed by atoms with Crippen molar-refractivity contribution in [3.05, 3.63) is 16.8 Å². The van der Waals surface area contributed by atoms with E-state index in [1.54, 1.807) is 10.9 Å². The van der Waals surface area contributed by atoms with Crippen LogP contribution in [-0.4, -0.2) is 21.6 Å². The predicted octanol–water partition coefficient (Wildman–Crippen LogP) is 0.632. The SMILES string of the molecule is CC/C=c1/cnn(C2CCC(=O)NC2=O)/c1=C/CCC. The first-order chi connectivity index (χ1) is 9.67. The lowest BCUT2D eigenvalue weighted by Crippen LogP contribution is -2.45. The second-order valence-electron chi connectivity index (χ2n) is 5.00. The second-order valence-corrected chi connectivity index (χ2v) is 5.00. The topological polar surface area (TPSA) is 64.0 Å². The second kappa shape index (κ2) is 6.50. The number of carbonyl (C=O) groups excluding carboxylic acids is 2. The Morgan fingerprint density at radius 2 is 2.20 bits per heavy atom. The highest BCUT2D eigenvalue weighted by molar-refractivity contribution is 5.99. The van der Waals surface area contributed by atoms with E-state index in [0.29, 0.717) is 12.8 Å². The van der Waals surface area contributed by atoms with Crippen molar-refractivity contribution in [2.45, 2.75) is 52.0 Å². The molecule has 1 fully saturated rings. The lowest BCUT2D eigenvalue weighted by Gasteiger charge is -2.21. The number of imide groups is 1. The number of nitrogens with zero attached hydrogens (tertiary/aromatic N) is 2. The predicted molar refractivity (Wildman–Crippen MR) is 77.0 cm³/mol. The zero-order chi connectivity index (χ0) is 14.5. The maximum atomic E-state index is 12.0. The standard InChI is InChI=1S/C15H21N3O2/c1-3-5-7-12-11(6-4-2)10-16-18(12)13-8-9-14(19)17-15(13)20/h6-7,10,13H,3-5,8-9H2,1-2H3,(H,17,19,20)/b11-6-,12-7+. The molecule has 1 aromatic rings. The van der Waals surface area contributed by atoms with Gasteiger partial charge in [-0.15, -0.1) is 0 Å². The van der Waals surface area contributed by atoms with Gasteiger partial charge in [-0.05, 0) is 19.3 Å². The van der Waals surface area contributed by atoms with Crippen molar-refractivity contribution in [1.29, 1.82) is 0 Å². The van der Waals surface area contributed by atoms with Gasteiger partial charge in [0, 0.05) is 11.6 Å². The van der Waals surface area contributed by atoms with Gasteiger partial charge in [-0.25, -0.2) is 0 Å². The molecule has 0 bridgehead atoms. The van der Waals surface area contributed by atoms with Crippen LogP contribution >= 0.6 is 0 Å². The monoisotopic (exact) mass is 275 g/mol. The average Bonchev–Trinajstić information content (AvgIpc) is 2.80. The fourth-order valence-electron chi connectivity index (χ4n) is 2.42. The molecule has 2 heterocycles. The molecule has 0 saturated carbocycles. The molecule has 1 aliphatic rings. The van der Waals surface area contributed by atoms with E-state index in [2.05, 4.69) is 36.4 Å². The van der Waals surface area contributed by atoms with Gasteiger partial charge in [-0.3, -0.25) is 19.6 Å². The third-order valence-corrected chi connectivity index (χ3v) is 3.42. The maximum absolute atomic E-state index is 12.0. The van der Waals surface area contributed by atoms with E-state index in [9.17, 15) is 9.59 Å². The molecule has 1 saturated heterocycles. The molecule has 2 amide bonds. The van der Waals surface area contributed by atoms with Crippen LogP contribution in [0.1, 0.15) is 52.0 Å². The molecule has 1 N–H and O–H groups in total. The Hall–Kier alpha value is -1.91. The summed E-state index contributed by atoms with van der Waals surface area (Å²) < 4.78 is 1.76. The van der Waals surface area contributed by atoms with E-state index in [-0.39, 0.29) is 17.9 Å². The molecule has 1 aliphatic heterocycles. The molecule has 1 atom stereocenters. The lowest BCUT2D eigenvalue weighted by atomic mass is 10.1. The zero-order valence-electron chi connectivity index (χ0n) is 12.1. The van der Waals surface area contributed by atoms with Gasteiger partial charge >= 0.3 is 0 Å². The van der Waals surface area contributed by atoms with Crippen molar-refractivity contribution < 1.29 is 9.59 Å². The number of aromatic nitrogens is 2. The summed E-state index contributed by atoms with van der Waals surface area (Å²) in [7, 11) is 0. The fraction of sp³-hybridized carbons (Fsp3) is 0.533. The highest BCUT2D eigenvalue weighted by atomic mass is 16.2. The van der Waals surface area contributed by atoms with Crippen LogP contribution in [0, 0.1) is 0 Å². The Bertz CT molecular complexity index is 616. The number of nitrogens with one attached hydrogen (secondary N) is 1. The number of hydrogen-bond acceptors (Lipinski definition) is 3. The Morgan fingerprint density at radius 1 is 1.40 bits per heavy atom. The molecule has 0 aliphatic carbocycles. The van der Waals surface area contributed by atoms with Crippen molar-refractivity contribution >= 4 is 24.0 Å². The van der Waals surface area contributed by atoms with E-state index in [0.717, 1.165) is 29.8 Å². The van der Waals surface area contributed by atoms with Crippen LogP contribution in [0.4, 0.5) is 0 Å². The normalized spacial score (nSPS) is 21.4. The van der Waals surface area contributed by atoms with Gasteiger partial charge < -0.3 is 0 Å². The molecule has 0 radical (unpaired) electrons. The summed E-state index contributed by atoms with van der Waals surface area (Å²) in [4.78, 5) is 23.2. The van der Waals surface area contributed by atoms with Crippen molar-refractivity contribution in [2.75, 3.05) is 0 Å². The summed E-state index contributed by atoms with van der Waals surface area (Å²) >= 11 is 0. The molecule has 0 aromatic carbocycles. The first-order valence-electron chi connectivity index (χ1n) is 7.25. The number of amides is 2. The van der Waals surface area contributed by atoms with Crippen LogP contribution in [0.3, 0.4) is 0 Å². The number of carbonyl (C=O) groups is 2. The first-order valence-corrected chi connectivity index (χ1v) is 7.25. The summed E-state index contributed by atoms with van der Waals surface area (Å²) in [5.74, 6) is -0.448. The Morgan fingerprint density at radius 3 is 2.85 bits per heavy atom. The molecule has 1 aromatic heterocycles. The smallest absolute Gasteiger partial charge is 0.251 e. The molecule has 20 heavy (non-hydrogen) atoms. The van der Waals surface area contributed by atoms with E-state index in [4.69, 9.17) is 0 Å². The van der Waals surface area contributed by atoms with Gasteiger partial charge in [0.2, 0.25) is 5.91 Å². The summed E-state index contributed by atoms with van der Waals surface area (Å²) in [6.07, 6.45) is 9.84. The van der Waals surface area contributed by atoms with Crippen molar-refractivity contribution in [3.63, 3.8) is 0 Å². The quantitative estimate of drug-likeness (QED) is 0.820. The van der Waals surface area contributed by atoms with Crippen LogP contribution in [0.25, 0.3) is 12.2 Å². The van der Waals surface area contributed by atoms with Gasteiger partial charge in [0.25, 0.3) is 5.91 Å². The van der Waals surface area contributed by atoms with E-state index in [1.165, 1.54) is 0 Å². The van der Waals surface area contributed by atoms with Crippen LogP contribution in [0.5, 0.6) is 0 Å². The third-order valence-electron chi connectivity index (χ3n) is 3.42. The minimum atomic E-state index is -0.380. The Labute approximate surface area is 118 Å². The van der Waals surface area contributed by atoms with Gasteiger partial charge in [-0.1, -0.05) is 32.4 Å². The largest absolute Gasteiger partial charge is 0.295 e. The van der Waals surface area contributed by atoms with Gasteiger partial charge in [-0.2, -0.15) is 5.10 Å². The summed E-state index contributed by atoms with van der Waals surface area (Å²) in [6.45, 7) is 4.19. The Balaban J connectivity index is 2.44. The molecule has 0 spiro atoms. The lowest BCUT2D eigenvalue weighted by molar-refractivity contribution is -0.136. The van der Waals surface area contributed by atoms with E-state index < -0.39 is 0 Å². The molecule has 5 nitrogen and oxygen atoms in total. The van der Waals surface area contributed by atoms with Crippen LogP contribution < -0.4 is 15.9 Å². The van der Waals surface area contributed by atoms with E-state index in [1.807, 2.05) is 0 Å². The number of unbranched alkanes of at least 4 members (excludes halogenated alkanes) is 1. The average molecular weight is 275 g/mol. The van der Waals surface area contributed by atoms with Gasteiger partial charge in [0.15, 0.2) is 0 Å². The number of rotatable bonds is 4. The summed E-state index contributed by atoms with van der Waals surface area (Å²) in [5, 5.41) is 8.81. The molecule has 108 valence electrons. The summed E-state index contributed by atoms with van der Waals surface area (Å²) in [6, 6.07) is -0.380. The van der Waals surface area contributed by atoms with Crippen molar-refractivity contribution in [2.24, 2.45) is 0 Å². The Kier molecular flexibility index (Phi) is 4.71. The third kappa shape index (κ3) is 2.98. The highest BCUT2D eigenvalue weighted by Gasteiger charge is 2.28. The fourth-order valence-corrected chi connectivity index (χ4v) is 2.42. The number of piperidine rings is 1. The highest BCUT2D eigenvalue weighted by Crippen LogP contribution is 2.15. The van der Waals surface area contributed by atoms with Crippen LogP contribution in [0.15, 0.2) is 6.20 Å². The zero-order valence-corrected chi connectivity index (χ0v) is 12.1. The van der Waals surface area contributed by atoms with Gasteiger partial charge in [0.1, 0.15) is 6.04 Å². The minimum Gasteiger partial charge on any atom is -0.295 e. The van der Waals surface area contributed by atoms with Gasteiger partial charge in [0.05, 0.1) is 11.5 Å². The molecule has 2 rings (SSSR count). The maximum Gasteiger partial charge on any atom is 0.251 e. The summed E-state index contributed by atoms with van der Waals surface area (Å²) in [5.41, 5.74) is 0. The molecular weight excluding hydrogens is 254 g/mol. The first kappa shape index (κ1) is 14.5. The van der Waals surface area contributed by atoms with E-state index >= 15 is 0 Å². The van der Waals surface area contributed by atoms with Crippen molar-refractivity contribution in [1.82, 2.24) is 15.1 Å². The molecule has 1 unspecified atom stereocenters. The number of hydrogen-bond donors (Lipinski definition) is 1. The van der Waals surface area contributed by atoms with Crippen LogP contribution in [0.2, 0.25) is 0 Å².